The standard InChI is InChI=1S/C23H34O6/c1-16(25)28-14-17(13-21(26)27-5)7-8-18-19(29-15-24)9-10-20-22(2,3)11-6-12-23(18,20)4/h9-10,13,15,18-20H,6-8,11-12,14H2,1-5H3/b17-13+/t18-,19+,20-,23+/m1/s1. The van der Waals surface area contributed by atoms with Crippen LogP contribution in [0.3, 0.4) is 0 Å². The summed E-state index contributed by atoms with van der Waals surface area (Å²) in [4.78, 5) is 34.1. The minimum absolute atomic E-state index is 0.0119. The molecule has 0 heterocycles. The Morgan fingerprint density at radius 1 is 1.17 bits per heavy atom. The van der Waals surface area contributed by atoms with Crippen LogP contribution in [-0.2, 0) is 28.6 Å². The quantitative estimate of drug-likeness (QED) is 0.199. The van der Waals surface area contributed by atoms with E-state index in [9.17, 15) is 14.4 Å². The van der Waals surface area contributed by atoms with Gasteiger partial charge in [0.05, 0.1) is 7.11 Å². The van der Waals surface area contributed by atoms with Gasteiger partial charge in [-0.25, -0.2) is 4.79 Å². The molecule has 0 amide bonds. The zero-order valence-corrected chi connectivity index (χ0v) is 18.2. The van der Waals surface area contributed by atoms with Gasteiger partial charge in [0.1, 0.15) is 12.7 Å². The highest BCUT2D eigenvalue weighted by atomic mass is 16.5. The molecule has 0 aromatic rings. The van der Waals surface area contributed by atoms with Crippen molar-refractivity contribution in [3.8, 4) is 0 Å². The summed E-state index contributed by atoms with van der Waals surface area (Å²) in [7, 11) is 1.32. The third-order valence-corrected chi connectivity index (χ3v) is 6.80. The lowest BCUT2D eigenvalue weighted by atomic mass is 9.49. The molecule has 2 aliphatic carbocycles. The Kier molecular flexibility index (Phi) is 7.66. The van der Waals surface area contributed by atoms with E-state index in [-0.39, 0.29) is 29.5 Å². The largest absolute Gasteiger partial charge is 0.466 e. The van der Waals surface area contributed by atoms with Crippen molar-refractivity contribution in [2.24, 2.45) is 22.7 Å². The number of carbonyl (C=O) groups is 3. The third-order valence-electron chi connectivity index (χ3n) is 6.80. The van der Waals surface area contributed by atoms with Crippen LogP contribution in [0.4, 0.5) is 0 Å². The summed E-state index contributed by atoms with van der Waals surface area (Å²) in [5.41, 5.74) is 0.861. The molecule has 0 aromatic heterocycles. The highest BCUT2D eigenvalue weighted by Crippen LogP contribution is 2.59. The molecule has 6 heteroatoms. The van der Waals surface area contributed by atoms with Crippen molar-refractivity contribution in [1.82, 2.24) is 0 Å². The van der Waals surface area contributed by atoms with E-state index in [1.807, 2.05) is 6.08 Å². The van der Waals surface area contributed by atoms with E-state index in [1.54, 1.807) is 0 Å². The maximum absolute atomic E-state index is 11.7. The van der Waals surface area contributed by atoms with Crippen molar-refractivity contribution in [2.45, 2.75) is 65.9 Å². The fourth-order valence-electron chi connectivity index (χ4n) is 5.40. The molecular formula is C23H34O6. The molecule has 2 rings (SSSR count). The van der Waals surface area contributed by atoms with Crippen molar-refractivity contribution >= 4 is 18.4 Å². The molecule has 0 unspecified atom stereocenters. The van der Waals surface area contributed by atoms with E-state index < -0.39 is 11.9 Å². The summed E-state index contributed by atoms with van der Waals surface area (Å²) < 4.78 is 15.3. The van der Waals surface area contributed by atoms with Gasteiger partial charge in [-0.05, 0) is 54.1 Å². The van der Waals surface area contributed by atoms with Gasteiger partial charge in [0.2, 0.25) is 0 Å². The highest BCUT2D eigenvalue weighted by Gasteiger charge is 2.53. The number of fused-ring (bicyclic) bond motifs is 1. The fraction of sp³-hybridized carbons (Fsp3) is 0.696. The van der Waals surface area contributed by atoms with Crippen LogP contribution in [-0.4, -0.2) is 38.2 Å². The van der Waals surface area contributed by atoms with Crippen LogP contribution in [0, 0.1) is 22.7 Å². The van der Waals surface area contributed by atoms with Crippen molar-refractivity contribution in [2.75, 3.05) is 13.7 Å². The smallest absolute Gasteiger partial charge is 0.330 e. The molecule has 0 saturated heterocycles. The third kappa shape index (κ3) is 5.49. The number of methoxy groups -OCH3 is 1. The molecule has 29 heavy (non-hydrogen) atoms. The number of carbonyl (C=O) groups excluding carboxylic acids is 3. The number of esters is 2. The van der Waals surface area contributed by atoms with Crippen LogP contribution in [0.2, 0.25) is 0 Å². The Bertz CT molecular complexity index is 677. The van der Waals surface area contributed by atoms with Gasteiger partial charge >= 0.3 is 11.9 Å². The van der Waals surface area contributed by atoms with Crippen molar-refractivity contribution < 1.29 is 28.6 Å². The average Bonchev–Trinajstić information content (AvgIpc) is 2.64. The average molecular weight is 407 g/mol. The molecule has 162 valence electrons. The van der Waals surface area contributed by atoms with E-state index in [0.717, 1.165) is 19.3 Å². The minimum atomic E-state index is -0.473. The monoisotopic (exact) mass is 406 g/mol. The van der Waals surface area contributed by atoms with Crippen LogP contribution < -0.4 is 0 Å². The van der Waals surface area contributed by atoms with Gasteiger partial charge in [-0.15, -0.1) is 0 Å². The lowest BCUT2D eigenvalue weighted by molar-refractivity contribution is -0.142. The number of hydrogen-bond donors (Lipinski definition) is 0. The molecule has 0 N–H and O–H groups in total. The molecule has 0 spiro atoms. The van der Waals surface area contributed by atoms with Gasteiger partial charge in [0.15, 0.2) is 0 Å². The molecule has 0 bridgehead atoms. The van der Waals surface area contributed by atoms with Crippen LogP contribution in [0.5, 0.6) is 0 Å². The van der Waals surface area contributed by atoms with Gasteiger partial charge < -0.3 is 14.2 Å². The molecule has 6 nitrogen and oxygen atoms in total. The SMILES string of the molecule is COC(=O)/C=C(\CC[C@@H]1[C@@H](OC=O)C=C[C@@H]2C(C)(C)CCC[C@@]12C)COC(C)=O. The van der Waals surface area contributed by atoms with Gasteiger partial charge in [-0.1, -0.05) is 33.3 Å². The second-order valence-corrected chi connectivity index (χ2v) is 9.16. The summed E-state index contributed by atoms with van der Waals surface area (Å²) in [6, 6.07) is 0. The second-order valence-electron chi connectivity index (χ2n) is 9.16. The lowest BCUT2D eigenvalue weighted by Gasteiger charge is -2.56. The predicted molar refractivity (Wildman–Crippen MR) is 109 cm³/mol. The molecule has 0 radical (unpaired) electrons. The summed E-state index contributed by atoms with van der Waals surface area (Å²) in [6.07, 6.45) is 9.99. The summed E-state index contributed by atoms with van der Waals surface area (Å²) in [5.74, 6) is -0.369. The van der Waals surface area contributed by atoms with E-state index in [4.69, 9.17) is 14.2 Å². The molecule has 4 atom stereocenters. The van der Waals surface area contributed by atoms with Crippen LogP contribution in [0.25, 0.3) is 0 Å². The predicted octanol–water partition coefficient (Wildman–Crippen LogP) is 3.99. The van der Waals surface area contributed by atoms with Crippen LogP contribution >= 0.6 is 0 Å². The Hall–Kier alpha value is -2.11. The lowest BCUT2D eigenvalue weighted by Crippen LogP contribution is -2.51. The normalized spacial score (nSPS) is 30.8. The van der Waals surface area contributed by atoms with E-state index >= 15 is 0 Å². The van der Waals surface area contributed by atoms with Gasteiger partial charge in [-0.2, -0.15) is 0 Å². The summed E-state index contributed by atoms with van der Waals surface area (Å²) in [5, 5.41) is 0. The molecule has 0 aliphatic heterocycles. The Morgan fingerprint density at radius 3 is 2.52 bits per heavy atom. The maximum atomic E-state index is 11.7. The Labute approximate surface area is 173 Å². The second kappa shape index (κ2) is 9.59. The van der Waals surface area contributed by atoms with Gasteiger partial charge in [0, 0.05) is 18.9 Å². The zero-order valence-electron chi connectivity index (χ0n) is 18.2. The molecular weight excluding hydrogens is 372 g/mol. The zero-order chi connectivity index (χ0) is 21.7. The minimum Gasteiger partial charge on any atom is -0.466 e. The first-order valence-corrected chi connectivity index (χ1v) is 10.3. The molecule has 1 fully saturated rings. The van der Waals surface area contributed by atoms with E-state index in [0.29, 0.717) is 24.4 Å². The van der Waals surface area contributed by atoms with Crippen molar-refractivity contribution in [1.29, 1.82) is 0 Å². The topological polar surface area (TPSA) is 78.9 Å². The molecule has 1 saturated carbocycles. The van der Waals surface area contributed by atoms with E-state index in [2.05, 4.69) is 26.8 Å². The first-order chi connectivity index (χ1) is 13.6. The first-order valence-electron chi connectivity index (χ1n) is 10.3. The number of hydrogen-bond acceptors (Lipinski definition) is 6. The number of rotatable bonds is 8. The number of allylic oxidation sites excluding steroid dienone is 1. The highest BCUT2D eigenvalue weighted by molar-refractivity contribution is 5.82. The Balaban J connectivity index is 2.26. The summed E-state index contributed by atoms with van der Waals surface area (Å²) >= 11 is 0. The van der Waals surface area contributed by atoms with Gasteiger partial charge in [0.25, 0.3) is 6.47 Å². The molecule has 2 aliphatic rings. The van der Waals surface area contributed by atoms with Crippen molar-refractivity contribution in [3.05, 3.63) is 23.8 Å². The number of ether oxygens (including phenoxy) is 3. The first kappa shape index (κ1) is 23.2. The van der Waals surface area contributed by atoms with Crippen molar-refractivity contribution in [3.63, 3.8) is 0 Å². The summed E-state index contributed by atoms with van der Waals surface area (Å²) in [6.45, 7) is 8.82. The fourth-order valence-corrected chi connectivity index (χ4v) is 5.40. The van der Waals surface area contributed by atoms with Gasteiger partial charge in [-0.3, -0.25) is 9.59 Å². The Morgan fingerprint density at radius 2 is 1.90 bits per heavy atom. The van der Waals surface area contributed by atoms with E-state index in [1.165, 1.54) is 26.5 Å². The van der Waals surface area contributed by atoms with Crippen LogP contribution in [0.15, 0.2) is 23.8 Å². The maximum Gasteiger partial charge on any atom is 0.330 e. The van der Waals surface area contributed by atoms with Crippen LogP contribution in [0.1, 0.15) is 59.8 Å². The molecule has 0 aromatic carbocycles.